The van der Waals surface area contributed by atoms with E-state index in [2.05, 4.69) is 15.3 Å². The SMILES string of the molecule is CCS(=O)(=O)N1CCc2nc(NC(=O)c3ccc(Cn4ccnc4)cc3)sc2C1. The second-order valence-electron chi connectivity index (χ2n) is 6.76. The largest absolute Gasteiger partial charge is 0.333 e. The minimum Gasteiger partial charge on any atom is -0.333 e. The van der Waals surface area contributed by atoms with Crippen LogP contribution in [0.4, 0.5) is 5.13 Å². The lowest BCUT2D eigenvalue weighted by atomic mass is 10.1. The Kier molecular flexibility index (Phi) is 5.48. The molecule has 3 aromatic rings. The molecule has 1 aliphatic heterocycles. The van der Waals surface area contributed by atoms with Crippen molar-refractivity contribution in [3.05, 3.63) is 64.7 Å². The van der Waals surface area contributed by atoms with Gasteiger partial charge in [0.2, 0.25) is 10.0 Å². The van der Waals surface area contributed by atoms with Crippen LogP contribution in [-0.2, 0) is 29.5 Å². The van der Waals surface area contributed by atoms with Crippen molar-refractivity contribution in [2.24, 2.45) is 0 Å². The van der Waals surface area contributed by atoms with E-state index in [0.29, 0.717) is 36.8 Å². The number of benzene rings is 1. The molecular weight excluding hydrogens is 410 g/mol. The van der Waals surface area contributed by atoms with Gasteiger partial charge in [-0.15, -0.1) is 11.3 Å². The van der Waals surface area contributed by atoms with E-state index >= 15 is 0 Å². The first kappa shape index (κ1) is 19.7. The molecule has 10 heteroatoms. The van der Waals surface area contributed by atoms with Gasteiger partial charge < -0.3 is 4.57 Å². The lowest BCUT2D eigenvalue weighted by molar-refractivity contribution is 0.102. The van der Waals surface area contributed by atoms with Crippen molar-refractivity contribution >= 4 is 32.4 Å². The standard InChI is InChI=1S/C19H21N5O3S2/c1-2-29(26,27)24-9-7-16-17(12-24)28-19(21-16)22-18(25)15-5-3-14(4-6-15)11-23-10-8-20-13-23/h3-6,8,10,13H,2,7,9,11-12H2,1H3,(H,21,22,25). The summed E-state index contributed by atoms with van der Waals surface area (Å²) in [6, 6.07) is 7.39. The summed E-state index contributed by atoms with van der Waals surface area (Å²) < 4.78 is 27.6. The summed E-state index contributed by atoms with van der Waals surface area (Å²) in [4.78, 5) is 21.9. The number of aromatic nitrogens is 3. The van der Waals surface area contributed by atoms with Crippen molar-refractivity contribution in [3.63, 3.8) is 0 Å². The van der Waals surface area contributed by atoms with Crippen LogP contribution in [-0.4, -0.2) is 45.5 Å². The number of hydrogen-bond acceptors (Lipinski definition) is 6. The summed E-state index contributed by atoms with van der Waals surface area (Å²) in [5, 5.41) is 3.33. The van der Waals surface area contributed by atoms with Crippen molar-refractivity contribution in [2.75, 3.05) is 17.6 Å². The second-order valence-corrected chi connectivity index (χ2v) is 10.1. The second kappa shape index (κ2) is 8.05. The third-order valence-corrected chi connectivity index (χ3v) is 7.64. The molecule has 1 aromatic carbocycles. The Balaban J connectivity index is 1.42. The molecule has 2 aromatic heterocycles. The van der Waals surface area contributed by atoms with Gasteiger partial charge in [-0.25, -0.2) is 18.4 Å². The maximum atomic E-state index is 12.6. The molecule has 0 atom stereocenters. The molecule has 1 aliphatic rings. The van der Waals surface area contributed by atoms with Crippen LogP contribution in [0.3, 0.4) is 0 Å². The van der Waals surface area contributed by atoms with Crippen LogP contribution in [0.5, 0.6) is 0 Å². The number of thiazole rings is 1. The van der Waals surface area contributed by atoms with E-state index in [9.17, 15) is 13.2 Å². The molecule has 0 spiro atoms. The van der Waals surface area contributed by atoms with E-state index in [4.69, 9.17) is 0 Å². The Hall–Kier alpha value is -2.56. The van der Waals surface area contributed by atoms with Crippen LogP contribution in [0.2, 0.25) is 0 Å². The van der Waals surface area contributed by atoms with Gasteiger partial charge in [-0.05, 0) is 24.6 Å². The zero-order valence-corrected chi connectivity index (χ0v) is 17.5. The van der Waals surface area contributed by atoms with Gasteiger partial charge in [0, 0.05) is 48.9 Å². The lowest BCUT2D eigenvalue weighted by Crippen LogP contribution is -2.36. The molecule has 1 amide bonds. The number of rotatable bonds is 6. The molecule has 0 unspecified atom stereocenters. The molecule has 0 radical (unpaired) electrons. The molecule has 1 N–H and O–H groups in total. The summed E-state index contributed by atoms with van der Waals surface area (Å²) >= 11 is 1.34. The molecule has 8 nitrogen and oxygen atoms in total. The Morgan fingerprint density at radius 2 is 2.07 bits per heavy atom. The molecule has 29 heavy (non-hydrogen) atoms. The number of nitrogens with zero attached hydrogens (tertiary/aromatic N) is 4. The maximum Gasteiger partial charge on any atom is 0.257 e. The van der Waals surface area contributed by atoms with Crippen molar-refractivity contribution in [2.45, 2.75) is 26.4 Å². The number of fused-ring (bicyclic) bond motifs is 1. The Bertz CT molecular complexity index is 1110. The average Bonchev–Trinajstić information content (AvgIpc) is 3.37. The van der Waals surface area contributed by atoms with Gasteiger partial charge in [0.25, 0.3) is 5.91 Å². The third kappa shape index (κ3) is 4.39. The molecule has 0 bridgehead atoms. The molecule has 0 fully saturated rings. The van der Waals surface area contributed by atoms with Gasteiger partial charge in [-0.3, -0.25) is 10.1 Å². The van der Waals surface area contributed by atoms with Crippen molar-refractivity contribution in [1.29, 1.82) is 0 Å². The quantitative estimate of drug-likeness (QED) is 0.646. The average molecular weight is 432 g/mol. The number of anilines is 1. The first-order valence-corrected chi connectivity index (χ1v) is 11.7. The van der Waals surface area contributed by atoms with Crippen LogP contribution >= 0.6 is 11.3 Å². The fraction of sp³-hybridized carbons (Fsp3) is 0.316. The zero-order valence-electron chi connectivity index (χ0n) is 15.9. The van der Waals surface area contributed by atoms with Gasteiger partial charge in [0.05, 0.1) is 17.8 Å². The van der Waals surface area contributed by atoms with Crippen molar-refractivity contribution < 1.29 is 13.2 Å². The Morgan fingerprint density at radius 3 is 2.76 bits per heavy atom. The van der Waals surface area contributed by atoms with Crippen molar-refractivity contribution in [1.82, 2.24) is 18.8 Å². The van der Waals surface area contributed by atoms with E-state index in [0.717, 1.165) is 16.1 Å². The van der Waals surface area contributed by atoms with Crippen molar-refractivity contribution in [3.8, 4) is 0 Å². The van der Waals surface area contributed by atoms with Gasteiger partial charge in [-0.1, -0.05) is 12.1 Å². The summed E-state index contributed by atoms with van der Waals surface area (Å²) in [6.45, 7) is 3.09. The van der Waals surface area contributed by atoms with Crippen LogP contribution in [0.25, 0.3) is 0 Å². The number of imidazole rings is 1. The number of sulfonamides is 1. The van der Waals surface area contributed by atoms with E-state index in [1.807, 2.05) is 22.9 Å². The summed E-state index contributed by atoms with van der Waals surface area (Å²) in [5.41, 5.74) is 2.48. The topological polar surface area (TPSA) is 97.2 Å². The fourth-order valence-corrected chi connectivity index (χ4v) is 5.33. The van der Waals surface area contributed by atoms with Gasteiger partial charge in [0.1, 0.15) is 0 Å². The van der Waals surface area contributed by atoms with Crippen LogP contribution in [0, 0.1) is 0 Å². The Labute approximate surface area is 173 Å². The Morgan fingerprint density at radius 1 is 1.28 bits per heavy atom. The third-order valence-electron chi connectivity index (χ3n) is 4.82. The van der Waals surface area contributed by atoms with E-state index in [1.54, 1.807) is 31.6 Å². The number of carbonyl (C=O) groups is 1. The number of carbonyl (C=O) groups excluding carboxylic acids is 1. The smallest absolute Gasteiger partial charge is 0.257 e. The first-order chi connectivity index (χ1) is 13.9. The van der Waals surface area contributed by atoms with Crippen LogP contribution in [0.1, 0.15) is 33.4 Å². The van der Waals surface area contributed by atoms with E-state index in [-0.39, 0.29) is 11.7 Å². The first-order valence-electron chi connectivity index (χ1n) is 9.27. The molecule has 4 rings (SSSR count). The molecule has 152 valence electrons. The predicted octanol–water partition coefficient (Wildman–Crippen LogP) is 2.35. The normalized spacial score (nSPS) is 14.5. The summed E-state index contributed by atoms with van der Waals surface area (Å²) in [5.74, 6) is -0.148. The van der Waals surface area contributed by atoms with Gasteiger partial charge in [0.15, 0.2) is 5.13 Å². The van der Waals surface area contributed by atoms with Gasteiger partial charge in [-0.2, -0.15) is 4.31 Å². The number of hydrogen-bond donors (Lipinski definition) is 1. The van der Waals surface area contributed by atoms with E-state index in [1.165, 1.54) is 15.6 Å². The monoisotopic (exact) mass is 431 g/mol. The lowest BCUT2D eigenvalue weighted by Gasteiger charge is -2.24. The maximum absolute atomic E-state index is 12.6. The highest BCUT2D eigenvalue weighted by molar-refractivity contribution is 7.89. The zero-order chi connectivity index (χ0) is 20.4. The number of nitrogens with one attached hydrogen (secondary N) is 1. The molecule has 0 aliphatic carbocycles. The van der Waals surface area contributed by atoms with E-state index < -0.39 is 10.0 Å². The molecule has 0 saturated carbocycles. The predicted molar refractivity (Wildman–Crippen MR) is 111 cm³/mol. The summed E-state index contributed by atoms with van der Waals surface area (Å²) in [6.07, 6.45) is 5.92. The highest BCUT2D eigenvalue weighted by Gasteiger charge is 2.28. The summed E-state index contributed by atoms with van der Waals surface area (Å²) in [7, 11) is -3.22. The molecular formula is C19H21N5O3S2. The van der Waals surface area contributed by atoms with Gasteiger partial charge >= 0.3 is 0 Å². The highest BCUT2D eigenvalue weighted by atomic mass is 32.2. The fourth-order valence-electron chi connectivity index (χ4n) is 3.17. The molecule has 0 saturated heterocycles. The minimum absolute atomic E-state index is 0.0849. The van der Waals surface area contributed by atoms with Crippen LogP contribution in [0.15, 0.2) is 43.0 Å². The minimum atomic E-state index is -3.22. The highest BCUT2D eigenvalue weighted by Crippen LogP contribution is 2.29. The molecule has 3 heterocycles. The van der Waals surface area contributed by atoms with Crippen LogP contribution < -0.4 is 5.32 Å². The number of amides is 1.